The lowest BCUT2D eigenvalue weighted by molar-refractivity contribution is 0.177. The van der Waals surface area contributed by atoms with Crippen molar-refractivity contribution >= 4 is 0 Å². The number of aryl methyl sites for hydroxylation is 1. The van der Waals surface area contributed by atoms with Crippen molar-refractivity contribution in [2.75, 3.05) is 19.8 Å². The molecule has 1 aromatic rings. The summed E-state index contributed by atoms with van der Waals surface area (Å²) < 4.78 is 7.43. The zero-order valence-electron chi connectivity index (χ0n) is 10.4. The minimum atomic E-state index is 0.390. The minimum Gasteiger partial charge on any atom is -0.381 e. The highest BCUT2D eigenvalue weighted by atomic mass is 16.5. The summed E-state index contributed by atoms with van der Waals surface area (Å²) in [5.74, 6) is 0.586. The summed E-state index contributed by atoms with van der Waals surface area (Å²) in [7, 11) is 1.99. The van der Waals surface area contributed by atoms with Gasteiger partial charge in [-0.3, -0.25) is 4.68 Å². The molecule has 1 saturated heterocycles. The number of rotatable bonds is 4. The summed E-state index contributed by atoms with van der Waals surface area (Å²) in [6.45, 7) is 7.02. The smallest absolute Gasteiger partial charge is 0.0540 e. The van der Waals surface area contributed by atoms with Gasteiger partial charge in [0.15, 0.2) is 0 Å². The molecule has 2 unspecified atom stereocenters. The van der Waals surface area contributed by atoms with Crippen LogP contribution >= 0.6 is 0 Å². The van der Waals surface area contributed by atoms with E-state index in [0.29, 0.717) is 12.0 Å². The summed E-state index contributed by atoms with van der Waals surface area (Å²) in [6, 6.07) is 0.390. The Bertz CT molecular complexity index is 342. The van der Waals surface area contributed by atoms with E-state index >= 15 is 0 Å². The van der Waals surface area contributed by atoms with Crippen LogP contribution in [-0.2, 0) is 11.8 Å². The third-order valence-corrected chi connectivity index (χ3v) is 3.47. The summed E-state index contributed by atoms with van der Waals surface area (Å²) in [4.78, 5) is 0. The van der Waals surface area contributed by atoms with Crippen molar-refractivity contribution in [1.82, 2.24) is 15.1 Å². The largest absolute Gasteiger partial charge is 0.381 e. The predicted octanol–water partition coefficient (Wildman–Crippen LogP) is 1.42. The molecule has 1 N–H and O–H groups in total. The van der Waals surface area contributed by atoms with Crippen molar-refractivity contribution < 1.29 is 4.74 Å². The number of nitrogens with one attached hydrogen (secondary N) is 1. The van der Waals surface area contributed by atoms with E-state index in [9.17, 15) is 0 Å². The quantitative estimate of drug-likeness (QED) is 0.839. The van der Waals surface area contributed by atoms with Crippen molar-refractivity contribution in [3.8, 4) is 0 Å². The maximum absolute atomic E-state index is 5.49. The Morgan fingerprint density at radius 3 is 3.00 bits per heavy atom. The van der Waals surface area contributed by atoms with E-state index in [1.165, 1.54) is 11.3 Å². The molecular weight excluding hydrogens is 202 g/mol. The third-order valence-electron chi connectivity index (χ3n) is 3.47. The van der Waals surface area contributed by atoms with Crippen molar-refractivity contribution in [1.29, 1.82) is 0 Å². The molecule has 2 atom stereocenters. The summed E-state index contributed by atoms with van der Waals surface area (Å²) in [5, 5.41) is 7.89. The number of hydrogen-bond donors (Lipinski definition) is 1. The van der Waals surface area contributed by atoms with Gasteiger partial charge in [-0.1, -0.05) is 6.92 Å². The van der Waals surface area contributed by atoms with Crippen LogP contribution in [0, 0.1) is 12.8 Å². The highest BCUT2D eigenvalue weighted by Gasteiger charge is 2.28. The average Bonchev–Trinajstić information content (AvgIpc) is 2.89. The molecule has 16 heavy (non-hydrogen) atoms. The van der Waals surface area contributed by atoms with Crippen LogP contribution < -0.4 is 5.32 Å². The molecule has 0 radical (unpaired) electrons. The molecule has 1 aliphatic rings. The van der Waals surface area contributed by atoms with E-state index in [-0.39, 0.29) is 0 Å². The highest BCUT2D eigenvalue weighted by molar-refractivity contribution is 5.21. The molecule has 0 spiro atoms. The summed E-state index contributed by atoms with van der Waals surface area (Å²) in [6.07, 6.45) is 3.13. The fourth-order valence-corrected chi connectivity index (χ4v) is 2.39. The Morgan fingerprint density at radius 2 is 2.50 bits per heavy atom. The number of nitrogens with zero attached hydrogens (tertiary/aromatic N) is 2. The van der Waals surface area contributed by atoms with E-state index in [4.69, 9.17) is 4.74 Å². The van der Waals surface area contributed by atoms with Crippen LogP contribution in [0.15, 0.2) is 6.20 Å². The van der Waals surface area contributed by atoms with Gasteiger partial charge < -0.3 is 10.1 Å². The van der Waals surface area contributed by atoms with Gasteiger partial charge in [0.1, 0.15) is 0 Å². The topological polar surface area (TPSA) is 39.1 Å². The molecule has 2 heterocycles. The van der Waals surface area contributed by atoms with Crippen LogP contribution in [-0.4, -0.2) is 29.5 Å². The van der Waals surface area contributed by atoms with Crippen LogP contribution in [0.5, 0.6) is 0 Å². The summed E-state index contributed by atoms with van der Waals surface area (Å²) in [5.41, 5.74) is 2.57. The first kappa shape index (κ1) is 11.6. The van der Waals surface area contributed by atoms with Gasteiger partial charge in [-0.2, -0.15) is 5.10 Å². The fraction of sp³-hybridized carbons (Fsp3) is 0.750. The molecule has 90 valence electrons. The normalized spacial score (nSPS) is 22.6. The second kappa shape index (κ2) is 4.97. The molecule has 2 rings (SSSR count). The molecule has 1 aliphatic heterocycles. The maximum atomic E-state index is 5.49. The van der Waals surface area contributed by atoms with Crippen LogP contribution in [0.4, 0.5) is 0 Å². The second-order valence-electron chi connectivity index (χ2n) is 4.47. The Labute approximate surface area is 97.0 Å². The van der Waals surface area contributed by atoms with Crippen molar-refractivity contribution in [3.63, 3.8) is 0 Å². The molecule has 1 aromatic heterocycles. The first-order valence-corrected chi connectivity index (χ1v) is 6.03. The third kappa shape index (κ3) is 2.13. The molecule has 0 aromatic carbocycles. The van der Waals surface area contributed by atoms with E-state index in [0.717, 1.165) is 26.2 Å². The molecule has 0 aliphatic carbocycles. The molecule has 0 amide bonds. The zero-order valence-corrected chi connectivity index (χ0v) is 10.4. The van der Waals surface area contributed by atoms with Crippen LogP contribution in [0.1, 0.15) is 30.6 Å². The van der Waals surface area contributed by atoms with Gasteiger partial charge in [-0.15, -0.1) is 0 Å². The predicted molar refractivity (Wildman–Crippen MR) is 63.3 cm³/mol. The van der Waals surface area contributed by atoms with Crippen molar-refractivity contribution in [2.24, 2.45) is 13.0 Å². The fourth-order valence-electron chi connectivity index (χ4n) is 2.39. The van der Waals surface area contributed by atoms with Crippen molar-refractivity contribution in [3.05, 3.63) is 17.5 Å². The van der Waals surface area contributed by atoms with E-state index < -0.39 is 0 Å². The lowest BCUT2D eigenvalue weighted by atomic mass is 9.93. The average molecular weight is 223 g/mol. The molecule has 4 heteroatoms. The lowest BCUT2D eigenvalue weighted by Crippen LogP contribution is -2.29. The Balaban J connectivity index is 2.20. The lowest BCUT2D eigenvalue weighted by Gasteiger charge is -2.23. The van der Waals surface area contributed by atoms with Crippen molar-refractivity contribution in [2.45, 2.75) is 26.3 Å². The van der Waals surface area contributed by atoms with Gasteiger partial charge in [0, 0.05) is 36.9 Å². The Kier molecular flexibility index (Phi) is 3.61. The molecular formula is C12H21N3O. The number of aromatic nitrogens is 2. The van der Waals surface area contributed by atoms with E-state index in [2.05, 4.69) is 24.3 Å². The maximum Gasteiger partial charge on any atom is 0.0540 e. The molecule has 0 saturated carbocycles. The van der Waals surface area contributed by atoms with Crippen LogP contribution in [0.2, 0.25) is 0 Å². The standard InChI is InChI=1S/C12H21N3O/c1-4-13-12(10-5-6-16-8-10)11-7-14-15(3)9(11)2/h7,10,12-13H,4-6,8H2,1-3H3. The van der Waals surface area contributed by atoms with Gasteiger partial charge in [0.05, 0.1) is 12.8 Å². The van der Waals surface area contributed by atoms with Gasteiger partial charge in [0.25, 0.3) is 0 Å². The van der Waals surface area contributed by atoms with Gasteiger partial charge in [-0.05, 0) is 19.9 Å². The van der Waals surface area contributed by atoms with E-state index in [1.807, 2.05) is 17.9 Å². The monoisotopic (exact) mass is 223 g/mol. The van der Waals surface area contributed by atoms with Gasteiger partial charge in [0.2, 0.25) is 0 Å². The summed E-state index contributed by atoms with van der Waals surface area (Å²) >= 11 is 0. The first-order valence-electron chi connectivity index (χ1n) is 6.03. The SMILES string of the molecule is CCNC(c1cnn(C)c1C)C1CCOC1. The Hall–Kier alpha value is -0.870. The van der Waals surface area contributed by atoms with Gasteiger partial charge in [-0.25, -0.2) is 0 Å². The molecule has 4 nitrogen and oxygen atoms in total. The zero-order chi connectivity index (χ0) is 11.5. The second-order valence-corrected chi connectivity index (χ2v) is 4.47. The molecule has 0 bridgehead atoms. The van der Waals surface area contributed by atoms with Gasteiger partial charge >= 0.3 is 0 Å². The highest BCUT2D eigenvalue weighted by Crippen LogP contribution is 2.30. The minimum absolute atomic E-state index is 0.390. The van der Waals surface area contributed by atoms with Crippen LogP contribution in [0.25, 0.3) is 0 Å². The number of hydrogen-bond acceptors (Lipinski definition) is 3. The first-order chi connectivity index (χ1) is 7.74. The van der Waals surface area contributed by atoms with Crippen LogP contribution in [0.3, 0.4) is 0 Å². The van der Waals surface area contributed by atoms with E-state index in [1.54, 1.807) is 0 Å². The molecule has 1 fully saturated rings. The number of ether oxygens (including phenoxy) is 1. The Morgan fingerprint density at radius 1 is 1.69 bits per heavy atom.